The summed E-state index contributed by atoms with van der Waals surface area (Å²) >= 11 is 5.69. The average Bonchev–Trinajstić information content (AvgIpc) is 3.79. The summed E-state index contributed by atoms with van der Waals surface area (Å²) in [6.45, 7) is 0. The molecule has 218 valence electrons. The third kappa shape index (κ3) is 3.73. The highest BCUT2D eigenvalue weighted by Gasteiger charge is 2.19. The highest BCUT2D eigenvalue weighted by molar-refractivity contribution is 7.27. The van der Waals surface area contributed by atoms with Crippen molar-refractivity contribution in [2.45, 2.75) is 0 Å². The highest BCUT2D eigenvalue weighted by Crippen LogP contribution is 2.47. The van der Waals surface area contributed by atoms with Crippen molar-refractivity contribution in [2.75, 3.05) is 0 Å². The van der Waals surface area contributed by atoms with E-state index < -0.39 is 0 Å². The molecule has 11 aromatic rings. The molecule has 0 aliphatic rings. The van der Waals surface area contributed by atoms with Gasteiger partial charge in [0.15, 0.2) is 0 Å². The molecule has 11 rings (SSSR count). The van der Waals surface area contributed by atoms with Gasteiger partial charge in [-0.3, -0.25) is 0 Å². The van der Waals surface area contributed by atoms with Crippen molar-refractivity contribution >= 4 is 116 Å². The van der Waals surface area contributed by atoms with Gasteiger partial charge in [0, 0.05) is 60.5 Å². The summed E-state index contributed by atoms with van der Waals surface area (Å²) in [5.41, 5.74) is 5.17. The molecule has 0 N–H and O–H groups in total. The smallest absolute Gasteiger partial charge is 0.0362 e. The van der Waals surface area contributed by atoms with Gasteiger partial charge in [-0.15, -0.1) is 34.0 Å². The predicted octanol–water partition coefficient (Wildman–Crippen LogP) is 14.4. The molecule has 0 atom stereocenters. The van der Waals surface area contributed by atoms with Crippen molar-refractivity contribution in [3.63, 3.8) is 0 Å². The van der Waals surface area contributed by atoms with E-state index in [2.05, 4.69) is 146 Å². The Hall–Kier alpha value is -5.06. The largest absolute Gasteiger partial charge is 0.135 e. The molecule has 0 aliphatic carbocycles. The summed E-state index contributed by atoms with van der Waals surface area (Å²) in [5.74, 6) is 0. The zero-order valence-electron chi connectivity index (χ0n) is 25.1. The fraction of sp³-hybridized carbons (Fsp3) is 0. The van der Waals surface area contributed by atoms with Crippen LogP contribution in [-0.2, 0) is 0 Å². The highest BCUT2D eigenvalue weighted by atomic mass is 32.1. The summed E-state index contributed by atoms with van der Waals surface area (Å²) in [5, 5.41) is 13.3. The maximum Gasteiger partial charge on any atom is 0.0362 e. The van der Waals surface area contributed by atoms with Gasteiger partial charge in [0.1, 0.15) is 0 Å². The lowest BCUT2D eigenvalue weighted by Gasteiger charge is -2.18. The molecule has 0 aliphatic heterocycles. The zero-order valence-corrected chi connectivity index (χ0v) is 27.5. The first kappa shape index (κ1) is 26.1. The number of thiophene rings is 3. The summed E-state index contributed by atoms with van der Waals surface area (Å²) in [6, 6.07) is 54.6. The van der Waals surface area contributed by atoms with Gasteiger partial charge in [-0.05, 0) is 86.3 Å². The van der Waals surface area contributed by atoms with Gasteiger partial charge in [-0.2, -0.15) is 0 Å². The minimum Gasteiger partial charge on any atom is -0.135 e. The van der Waals surface area contributed by atoms with Gasteiger partial charge in [-0.1, -0.05) is 103 Å². The van der Waals surface area contributed by atoms with Crippen molar-refractivity contribution in [2.24, 2.45) is 0 Å². The molecule has 0 amide bonds. The molecule has 0 radical (unpaired) electrons. The van der Waals surface area contributed by atoms with Crippen LogP contribution in [0.25, 0.3) is 104 Å². The van der Waals surface area contributed by atoms with Crippen LogP contribution in [0.2, 0.25) is 0 Å². The molecule has 0 saturated carbocycles. The van der Waals surface area contributed by atoms with Crippen molar-refractivity contribution in [1.29, 1.82) is 0 Å². The van der Waals surface area contributed by atoms with Gasteiger partial charge in [0.05, 0.1) is 0 Å². The Bertz CT molecular complexity index is 3020. The monoisotopic (exact) mass is 648 g/mol. The Morgan fingerprint density at radius 1 is 0.234 bits per heavy atom. The summed E-state index contributed by atoms with van der Waals surface area (Å²) in [4.78, 5) is 0. The minimum atomic E-state index is 1.27. The molecular weight excluding hydrogens is 625 g/mol. The topological polar surface area (TPSA) is 0 Å². The van der Waals surface area contributed by atoms with E-state index in [1.807, 2.05) is 34.0 Å². The summed E-state index contributed by atoms with van der Waals surface area (Å²) in [6.07, 6.45) is 0. The third-order valence-electron chi connectivity index (χ3n) is 9.86. The van der Waals surface area contributed by atoms with E-state index in [0.29, 0.717) is 0 Å². The van der Waals surface area contributed by atoms with Crippen LogP contribution in [0.15, 0.2) is 146 Å². The van der Waals surface area contributed by atoms with E-state index in [4.69, 9.17) is 0 Å². The SMILES string of the molecule is c1ccc2c(c1)sc1cc(-c3c4ccccc4c(-c4ccc5sc6cc7c(cc6c5c4)sc4ccccc47)c4ccccc34)ccc12. The Kier molecular flexibility index (Phi) is 5.39. The molecule has 3 heterocycles. The second-order valence-electron chi connectivity index (χ2n) is 12.4. The van der Waals surface area contributed by atoms with Gasteiger partial charge < -0.3 is 0 Å². The van der Waals surface area contributed by atoms with E-state index in [-0.39, 0.29) is 0 Å². The van der Waals surface area contributed by atoms with Crippen LogP contribution in [0, 0.1) is 0 Å². The third-order valence-corrected chi connectivity index (χ3v) is 13.3. The van der Waals surface area contributed by atoms with Crippen molar-refractivity contribution in [3.8, 4) is 22.3 Å². The first-order valence-electron chi connectivity index (χ1n) is 15.9. The second-order valence-corrected chi connectivity index (χ2v) is 15.7. The van der Waals surface area contributed by atoms with E-state index in [9.17, 15) is 0 Å². The van der Waals surface area contributed by atoms with Crippen molar-refractivity contribution < 1.29 is 0 Å². The lowest BCUT2D eigenvalue weighted by atomic mass is 9.85. The first-order chi connectivity index (χ1) is 23.3. The van der Waals surface area contributed by atoms with Crippen LogP contribution < -0.4 is 0 Å². The molecule has 0 bridgehead atoms. The van der Waals surface area contributed by atoms with Crippen LogP contribution in [0.4, 0.5) is 0 Å². The summed E-state index contributed by atoms with van der Waals surface area (Å²) < 4.78 is 8.09. The first-order valence-corrected chi connectivity index (χ1v) is 18.4. The maximum absolute atomic E-state index is 2.45. The maximum atomic E-state index is 2.45. The van der Waals surface area contributed by atoms with Crippen molar-refractivity contribution in [3.05, 3.63) is 146 Å². The van der Waals surface area contributed by atoms with Gasteiger partial charge >= 0.3 is 0 Å². The fourth-order valence-electron chi connectivity index (χ4n) is 7.78. The lowest BCUT2D eigenvalue weighted by molar-refractivity contribution is 1.70. The van der Waals surface area contributed by atoms with Gasteiger partial charge in [0.25, 0.3) is 0 Å². The van der Waals surface area contributed by atoms with Gasteiger partial charge in [0.2, 0.25) is 0 Å². The molecule has 3 aromatic heterocycles. The Labute approximate surface area is 282 Å². The minimum absolute atomic E-state index is 1.27. The molecular formula is C44H24S3. The molecule has 3 heteroatoms. The molecule has 0 unspecified atom stereocenters. The second kappa shape index (κ2) is 9.73. The molecule has 0 fully saturated rings. The lowest BCUT2D eigenvalue weighted by Crippen LogP contribution is -1.90. The fourth-order valence-corrected chi connectivity index (χ4v) is 11.2. The van der Waals surface area contributed by atoms with Crippen LogP contribution >= 0.6 is 34.0 Å². The molecule has 0 spiro atoms. The number of hydrogen-bond donors (Lipinski definition) is 0. The number of benzene rings is 8. The predicted molar refractivity (Wildman–Crippen MR) is 211 cm³/mol. The van der Waals surface area contributed by atoms with E-state index in [1.54, 1.807) is 0 Å². The standard InChI is InChI=1S/C44H24S3/c1-3-13-32-30(11-1)43(25-18-20-39-34(21-25)36-24-41-35(23-42(36)47-39)28-10-6-8-16-38(28)46-41)31-12-2-4-14-33(31)44(32)26-17-19-29-27-9-5-7-15-37(27)45-40(29)22-26/h1-24H. The molecule has 0 saturated heterocycles. The van der Waals surface area contributed by atoms with E-state index in [1.165, 1.54) is 104 Å². The van der Waals surface area contributed by atoms with Crippen LogP contribution in [0.1, 0.15) is 0 Å². The number of hydrogen-bond acceptors (Lipinski definition) is 3. The zero-order chi connectivity index (χ0) is 30.6. The Morgan fingerprint density at radius 3 is 1.17 bits per heavy atom. The van der Waals surface area contributed by atoms with Crippen LogP contribution in [-0.4, -0.2) is 0 Å². The molecule has 8 aromatic carbocycles. The van der Waals surface area contributed by atoms with E-state index in [0.717, 1.165) is 0 Å². The molecule has 0 nitrogen and oxygen atoms in total. The Balaban J connectivity index is 1.18. The number of fused-ring (bicyclic) bond motifs is 11. The normalized spacial score (nSPS) is 12.3. The number of rotatable bonds is 2. The summed E-state index contributed by atoms with van der Waals surface area (Å²) in [7, 11) is 0. The van der Waals surface area contributed by atoms with Crippen LogP contribution in [0.3, 0.4) is 0 Å². The van der Waals surface area contributed by atoms with Gasteiger partial charge in [-0.25, -0.2) is 0 Å². The van der Waals surface area contributed by atoms with E-state index >= 15 is 0 Å². The molecule has 47 heavy (non-hydrogen) atoms. The Morgan fingerprint density at radius 2 is 0.596 bits per heavy atom. The quantitative estimate of drug-likeness (QED) is 0.164. The average molecular weight is 649 g/mol. The van der Waals surface area contributed by atoms with Crippen LogP contribution in [0.5, 0.6) is 0 Å². The van der Waals surface area contributed by atoms with Crippen molar-refractivity contribution in [1.82, 2.24) is 0 Å².